The summed E-state index contributed by atoms with van der Waals surface area (Å²) in [5.41, 5.74) is -0.116. The molecule has 1 fully saturated rings. The van der Waals surface area contributed by atoms with Crippen molar-refractivity contribution in [2.45, 2.75) is 31.7 Å². The van der Waals surface area contributed by atoms with E-state index in [9.17, 15) is 18.4 Å². The molecule has 1 atom stereocenters. The third-order valence-electron chi connectivity index (χ3n) is 3.92. The van der Waals surface area contributed by atoms with Crippen LogP contribution in [0.25, 0.3) is 0 Å². The van der Waals surface area contributed by atoms with Crippen molar-refractivity contribution in [3.63, 3.8) is 0 Å². The molecular formula is C18H17F2N3O3. The fourth-order valence-electron chi connectivity index (χ4n) is 2.36. The number of nitrogens with one attached hydrogen (secondary N) is 1. The predicted octanol–water partition coefficient (Wildman–Crippen LogP) is 3.09. The fourth-order valence-corrected chi connectivity index (χ4v) is 2.36. The molecule has 1 amide bonds. The Balaban J connectivity index is 1.92. The van der Waals surface area contributed by atoms with Gasteiger partial charge >= 0.3 is 5.92 Å². The van der Waals surface area contributed by atoms with Gasteiger partial charge in [-0.2, -0.15) is 13.8 Å². The molecule has 1 saturated carbocycles. The number of benzene rings is 1. The molecule has 0 radical (unpaired) electrons. The number of nitrogens with zero attached hydrogens (tertiary/aromatic N) is 2. The van der Waals surface area contributed by atoms with Gasteiger partial charge in [0.2, 0.25) is 11.7 Å². The molecule has 136 valence electrons. The number of hydrogen-bond acceptors (Lipinski definition) is 5. The molecule has 1 aliphatic carbocycles. The number of ether oxygens (including phenoxy) is 1. The molecule has 1 heterocycles. The Morgan fingerprint density at radius 1 is 1.35 bits per heavy atom. The third-order valence-corrected chi connectivity index (χ3v) is 3.92. The molecule has 1 N–H and O–H groups in total. The Morgan fingerprint density at radius 2 is 2.04 bits per heavy atom. The molecule has 1 aromatic carbocycles. The topological polar surface area (TPSA) is 81.2 Å². The van der Waals surface area contributed by atoms with E-state index in [2.05, 4.69) is 15.3 Å². The maximum absolute atomic E-state index is 13.6. The molecule has 0 aliphatic heterocycles. The highest BCUT2D eigenvalue weighted by molar-refractivity contribution is 5.97. The van der Waals surface area contributed by atoms with Crippen LogP contribution in [0, 0.1) is 5.92 Å². The van der Waals surface area contributed by atoms with Crippen LogP contribution in [0.2, 0.25) is 0 Å². The number of rotatable bonds is 7. The number of aldehydes is 1. The van der Waals surface area contributed by atoms with Crippen molar-refractivity contribution in [2.24, 2.45) is 5.92 Å². The smallest absolute Gasteiger partial charge is 0.303 e. The van der Waals surface area contributed by atoms with Gasteiger partial charge in [0.05, 0.1) is 6.04 Å². The molecule has 0 saturated heterocycles. The van der Waals surface area contributed by atoms with Gasteiger partial charge in [0.1, 0.15) is 17.6 Å². The molecule has 0 unspecified atom stereocenters. The Hall–Kier alpha value is -2.90. The minimum Gasteiger partial charge on any atom is -0.438 e. The predicted molar refractivity (Wildman–Crippen MR) is 88.2 cm³/mol. The molecule has 1 aliphatic rings. The normalized spacial score (nSPS) is 15.2. The van der Waals surface area contributed by atoms with E-state index in [1.54, 1.807) is 30.3 Å². The summed E-state index contributed by atoms with van der Waals surface area (Å²) in [6.07, 6.45) is 3.37. The zero-order valence-corrected chi connectivity index (χ0v) is 14.0. The van der Waals surface area contributed by atoms with Crippen LogP contribution in [0.4, 0.5) is 8.78 Å². The lowest BCUT2D eigenvalue weighted by atomic mass is 10.2. The summed E-state index contributed by atoms with van der Waals surface area (Å²) in [7, 11) is 0. The Morgan fingerprint density at radius 3 is 2.62 bits per heavy atom. The number of halogens is 2. The second kappa shape index (κ2) is 7.15. The van der Waals surface area contributed by atoms with Gasteiger partial charge < -0.3 is 14.8 Å². The van der Waals surface area contributed by atoms with Crippen molar-refractivity contribution in [3.8, 4) is 11.6 Å². The van der Waals surface area contributed by atoms with E-state index < -0.39 is 23.7 Å². The number of para-hydroxylation sites is 1. The van der Waals surface area contributed by atoms with Crippen molar-refractivity contribution >= 4 is 12.2 Å². The van der Waals surface area contributed by atoms with Gasteiger partial charge in [0, 0.05) is 13.1 Å². The monoisotopic (exact) mass is 361 g/mol. The number of hydrogen-bond donors (Lipinski definition) is 1. The van der Waals surface area contributed by atoms with Crippen LogP contribution in [0.5, 0.6) is 11.6 Å². The lowest BCUT2D eigenvalue weighted by Crippen LogP contribution is -2.38. The number of carbonyl (C=O) groups is 2. The first-order valence-electron chi connectivity index (χ1n) is 8.13. The Labute approximate surface area is 148 Å². The summed E-state index contributed by atoms with van der Waals surface area (Å²) in [6.45, 7) is 0.657. The Bertz CT molecular complexity index is 805. The highest BCUT2D eigenvalue weighted by Crippen LogP contribution is 2.33. The van der Waals surface area contributed by atoms with Gasteiger partial charge in [-0.1, -0.05) is 18.2 Å². The Kier molecular flexibility index (Phi) is 4.92. The molecule has 26 heavy (non-hydrogen) atoms. The molecule has 3 rings (SSSR count). The van der Waals surface area contributed by atoms with Gasteiger partial charge in [0.15, 0.2) is 0 Å². The SMILES string of the molecule is CC(F)(F)c1ncc(C(=O)N[C@H](C=O)C2CC2)c(Oc2ccccc2)n1. The summed E-state index contributed by atoms with van der Waals surface area (Å²) in [5, 5.41) is 2.57. The zero-order valence-electron chi connectivity index (χ0n) is 14.0. The first kappa shape index (κ1) is 17.9. The highest BCUT2D eigenvalue weighted by atomic mass is 19.3. The third kappa shape index (κ3) is 4.19. The maximum Gasteiger partial charge on any atom is 0.303 e. The maximum atomic E-state index is 13.6. The van der Waals surface area contributed by atoms with Crippen LogP contribution < -0.4 is 10.1 Å². The summed E-state index contributed by atoms with van der Waals surface area (Å²) >= 11 is 0. The molecule has 8 heteroatoms. The van der Waals surface area contributed by atoms with Gasteiger partial charge in [-0.25, -0.2) is 4.98 Å². The molecule has 6 nitrogen and oxygen atoms in total. The minimum atomic E-state index is -3.29. The van der Waals surface area contributed by atoms with Crippen LogP contribution in [0.3, 0.4) is 0 Å². The van der Waals surface area contributed by atoms with Crippen LogP contribution in [-0.4, -0.2) is 28.2 Å². The summed E-state index contributed by atoms with van der Waals surface area (Å²) in [6, 6.07) is 7.73. The van der Waals surface area contributed by atoms with Crippen LogP contribution in [-0.2, 0) is 10.7 Å². The average molecular weight is 361 g/mol. The van der Waals surface area contributed by atoms with Crippen molar-refractivity contribution in [2.75, 3.05) is 0 Å². The van der Waals surface area contributed by atoms with E-state index in [4.69, 9.17) is 4.74 Å². The fraction of sp³-hybridized carbons (Fsp3) is 0.333. The zero-order chi connectivity index (χ0) is 18.7. The summed E-state index contributed by atoms with van der Waals surface area (Å²) in [4.78, 5) is 30.9. The van der Waals surface area contributed by atoms with E-state index in [0.29, 0.717) is 19.0 Å². The number of carbonyl (C=O) groups excluding carboxylic acids is 2. The van der Waals surface area contributed by atoms with Gasteiger partial charge in [-0.3, -0.25) is 4.79 Å². The van der Waals surface area contributed by atoms with Gasteiger partial charge in [-0.15, -0.1) is 0 Å². The van der Waals surface area contributed by atoms with E-state index in [1.807, 2.05) is 0 Å². The van der Waals surface area contributed by atoms with Crippen molar-refractivity contribution in [1.82, 2.24) is 15.3 Å². The standard InChI is InChI=1S/C18H17F2N3O3/c1-18(19,20)17-21-9-13(15(25)22-14(10-24)11-7-8-11)16(23-17)26-12-5-3-2-4-6-12/h2-6,9-11,14H,7-8H2,1H3,(H,22,25)/t14-/m1/s1. The quantitative estimate of drug-likeness (QED) is 0.767. The van der Waals surface area contributed by atoms with Crippen molar-refractivity contribution < 1.29 is 23.1 Å². The lowest BCUT2D eigenvalue weighted by Gasteiger charge is -2.16. The first-order valence-corrected chi connectivity index (χ1v) is 8.13. The van der Waals surface area contributed by atoms with E-state index in [-0.39, 0.29) is 17.4 Å². The molecule has 2 aromatic rings. The molecule has 1 aromatic heterocycles. The van der Waals surface area contributed by atoms with E-state index >= 15 is 0 Å². The van der Waals surface area contributed by atoms with Gasteiger partial charge in [0.25, 0.3) is 5.91 Å². The minimum absolute atomic E-state index is 0.107. The highest BCUT2D eigenvalue weighted by Gasteiger charge is 2.34. The lowest BCUT2D eigenvalue weighted by molar-refractivity contribution is -0.109. The number of aromatic nitrogens is 2. The van der Waals surface area contributed by atoms with E-state index in [1.165, 1.54) is 0 Å². The molecule has 0 spiro atoms. The molecular weight excluding hydrogens is 344 g/mol. The second-order valence-electron chi connectivity index (χ2n) is 6.19. The van der Waals surface area contributed by atoms with Gasteiger partial charge in [-0.05, 0) is 30.9 Å². The summed E-state index contributed by atoms with van der Waals surface area (Å²) in [5.74, 6) is -4.54. The van der Waals surface area contributed by atoms with E-state index in [0.717, 1.165) is 19.0 Å². The van der Waals surface area contributed by atoms with Crippen LogP contribution >= 0.6 is 0 Å². The number of alkyl halides is 2. The molecule has 0 bridgehead atoms. The largest absolute Gasteiger partial charge is 0.438 e. The second-order valence-corrected chi connectivity index (χ2v) is 6.19. The van der Waals surface area contributed by atoms with Crippen molar-refractivity contribution in [3.05, 3.63) is 47.9 Å². The number of amides is 1. The summed E-state index contributed by atoms with van der Waals surface area (Å²) < 4.78 is 32.6. The van der Waals surface area contributed by atoms with Crippen LogP contribution in [0.1, 0.15) is 35.9 Å². The first-order chi connectivity index (χ1) is 12.4. The van der Waals surface area contributed by atoms with Crippen LogP contribution in [0.15, 0.2) is 36.5 Å². The van der Waals surface area contributed by atoms with Crippen molar-refractivity contribution in [1.29, 1.82) is 0 Å². The average Bonchev–Trinajstić information content (AvgIpc) is 3.44.